The largest absolute Gasteiger partial charge is 0.347 e. The van der Waals surface area contributed by atoms with Gasteiger partial charge in [0.25, 0.3) is 5.91 Å². The summed E-state index contributed by atoms with van der Waals surface area (Å²) in [5, 5.41) is 0. The highest BCUT2D eigenvalue weighted by atomic mass is 19.1. The van der Waals surface area contributed by atoms with Crippen LogP contribution in [0.15, 0.2) is 30.6 Å². The Kier molecular flexibility index (Phi) is 3.94. The molecule has 1 saturated heterocycles. The van der Waals surface area contributed by atoms with Gasteiger partial charge in [-0.3, -0.25) is 9.69 Å². The van der Waals surface area contributed by atoms with Crippen molar-refractivity contribution >= 4 is 5.91 Å². The van der Waals surface area contributed by atoms with Gasteiger partial charge in [0.15, 0.2) is 0 Å². The van der Waals surface area contributed by atoms with Crippen LogP contribution in [0.4, 0.5) is 4.39 Å². The van der Waals surface area contributed by atoms with Gasteiger partial charge < -0.3 is 9.88 Å². The normalized spacial score (nSPS) is 19.4. The lowest BCUT2D eigenvalue weighted by molar-refractivity contribution is 0.0530. The van der Waals surface area contributed by atoms with E-state index in [0.29, 0.717) is 18.7 Å². The molecule has 2 heterocycles. The smallest absolute Gasteiger partial charge is 0.256 e. The van der Waals surface area contributed by atoms with Crippen LogP contribution in [-0.2, 0) is 0 Å². The monoisotopic (exact) mass is 302 g/mol. The minimum Gasteiger partial charge on any atom is -0.347 e. The summed E-state index contributed by atoms with van der Waals surface area (Å²) in [6, 6.07) is 4.93. The molecule has 22 heavy (non-hydrogen) atoms. The van der Waals surface area contributed by atoms with Gasteiger partial charge in [-0.2, -0.15) is 0 Å². The lowest BCUT2D eigenvalue weighted by Gasteiger charge is -2.38. The lowest BCUT2D eigenvalue weighted by atomic mass is 10.1. The lowest BCUT2D eigenvalue weighted by Crippen LogP contribution is -2.49. The minimum atomic E-state index is -0.430. The first kappa shape index (κ1) is 14.7. The second kappa shape index (κ2) is 5.88. The van der Waals surface area contributed by atoms with Crippen LogP contribution in [0.3, 0.4) is 0 Å². The Balaban J connectivity index is 1.83. The molecular formula is C16H19FN4O. The van der Waals surface area contributed by atoms with E-state index in [2.05, 4.69) is 14.9 Å². The van der Waals surface area contributed by atoms with Gasteiger partial charge in [0.05, 0.1) is 11.6 Å². The molecule has 1 aromatic heterocycles. The highest BCUT2D eigenvalue weighted by Gasteiger charge is 2.31. The quantitative estimate of drug-likeness (QED) is 0.923. The topological polar surface area (TPSA) is 52.2 Å². The number of benzene rings is 1. The number of piperazine rings is 1. The van der Waals surface area contributed by atoms with Crippen molar-refractivity contribution in [3.8, 4) is 0 Å². The van der Waals surface area contributed by atoms with Gasteiger partial charge in [-0.1, -0.05) is 12.1 Å². The SMILES string of the molecule is Cc1cccc(C(=O)N2CCN(C)C(c3ncc[nH]3)C2)c1F. The molecule has 1 aliphatic heterocycles. The third-order valence-electron chi connectivity index (χ3n) is 4.19. The molecule has 1 aliphatic rings. The third kappa shape index (κ3) is 2.62. The summed E-state index contributed by atoms with van der Waals surface area (Å²) in [6.45, 7) is 3.47. The summed E-state index contributed by atoms with van der Waals surface area (Å²) < 4.78 is 14.2. The fourth-order valence-electron chi connectivity index (χ4n) is 2.80. The first-order chi connectivity index (χ1) is 10.6. The van der Waals surface area contributed by atoms with Crippen LogP contribution in [0.25, 0.3) is 0 Å². The van der Waals surface area contributed by atoms with Crippen LogP contribution in [0.2, 0.25) is 0 Å². The second-order valence-corrected chi connectivity index (χ2v) is 5.66. The summed E-state index contributed by atoms with van der Waals surface area (Å²) in [5.41, 5.74) is 0.630. The van der Waals surface area contributed by atoms with E-state index in [0.717, 1.165) is 12.4 Å². The van der Waals surface area contributed by atoms with Crippen molar-refractivity contribution in [1.82, 2.24) is 19.8 Å². The van der Waals surface area contributed by atoms with E-state index in [1.54, 1.807) is 42.4 Å². The number of hydrogen-bond donors (Lipinski definition) is 1. The summed E-state index contributed by atoms with van der Waals surface area (Å²) in [4.78, 5) is 23.9. The fraction of sp³-hybridized carbons (Fsp3) is 0.375. The highest BCUT2D eigenvalue weighted by molar-refractivity contribution is 5.94. The molecule has 1 fully saturated rings. The molecule has 1 N–H and O–H groups in total. The molecule has 116 valence electrons. The molecule has 0 saturated carbocycles. The first-order valence-corrected chi connectivity index (χ1v) is 7.32. The molecule has 1 unspecified atom stereocenters. The number of nitrogens with one attached hydrogen (secondary N) is 1. The number of rotatable bonds is 2. The first-order valence-electron chi connectivity index (χ1n) is 7.32. The zero-order valence-corrected chi connectivity index (χ0v) is 12.7. The zero-order valence-electron chi connectivity index (χ0n) is 12.7. The number of imidazole rings is 1. The maximum Gasteiger partial charge on any atom is 0.256 e. The van der Waals surface area contributed by atoms with Crippen molar-refractivity contribution in [3.63, 3.8) is 0 Å². The Bertz CT molecular complexity index is 671. The Morgan fingerprint density at radius 2 is 2.23 bits per heavy atom. The van der Waals surface area contributed by atoms with Gasteiger partial charge >= 0.3 is 0 Å². The maximum absolute atomic E-state index is 14.2. The molecular weight excluding hydrogens is 283 g/mol. The fourth-order valence-corrected chi connectivity index (χ4v) is 2.80. The van der Waals surface area contributed by atoms with E-state index < -0.39 is 5.82 Å². The Morgan fingerprint density at radius 3 is 2.95 bits per heavy atom. The number of halogens is 1. The summed E-state index contributed by atoms with van der Waals surface area (Å²) in [5.74, 6) is 0.136. The number of carbonyl (C=O) groups is 1. The van der Waals surface area contributed by atoms with E-state index in [9.17, 15) is 9.18 Å². The Labute approximate surface area is 128 Å². The molecule has 1 aromatic carbocycles. The van der Waals surface area contributed by atoms with Crippen LogP contribution in [0.1, 0.15) is 27.8 Å². The molecule has 1 atom stereocenters. The van der Waals surface area contributed by atoms with Gasteiger partial charge in [-0.25, -0.2) is 9.37 Å². The van der Waals surface area contributed by atoms with Crippen molar-refractivity contribution < 1.29 is 9.18 Å². The number of nitrogens with zero attached hydrogens (tertiary/aromatic N) is 3. The van der Waals surface area contributed by atoms with Crippen LogP contribution in [0.5, 0.6) is 0 Å². The van der Waals surface area contributed by atoms with E-state index in [-0.39, 0.29) is 17.5 Å². The van der Waals surface area contributed by atoms with E-state index in [4.69, 9.17) is 0 Å². The molecule has 3 rings (SSSR count). The average molecular weight is 302 g/mol. The number of aromatic nitrogens is 2. The minimum absolute atomic E-state index is 0.000528. The molecule has 0 bridgehead atoms. The number of likely N-dealkylation sites (N-methyl/N-ethyl adjacent to an activating group) is 1. The zero-order chi connectivity index (χ0) is 15.7. The maximum atomic E-state index is 14.2. The molecule has 5 nitrogen and oxygen atoms in total. The number of hydrogen-bond acceptors (Lipinski definition) is 3. The predicted molar refractivity (Wildman–Crippen MR) is 81.0 cm³/mol. The molecule has 0 spiro atoms. The summed E-state index contributed by atoms with van der Waals surface area (Å²) in [7, 11) is 2.00. The number of aryl methyl sites for hydroxylation is 1. The van der Waals surface area contributed by atoms with Crippen LogP contribution in [0, 0.1) is 12.7 Å². The Hall–Kier alpha value is -2.21. The van der Waals surface area contributed by atoms with Crippen molar-refractivity contribution in [1.29, 1.82) is 0 Å². The third-order valence-corrected chi connectivity index (χ3v) is 4.19. The Morgan fingerprint density at radius 1 is 1.41 bits per heavy atom. The predicted octanol–water partition coefficient (Wildman–Crippen LogP) is 1.99. The van der Waals surface area contributed by atoms with Gasteiger partial charge in [-0.15, -0.1) is 0 Å². The van der Waals surface area contributed by atoms with Crippen molar-refractivity contribution in [2.45, 2.75) is 13.0 Å². The van der Waals surface area contributed by atoms with E-state index >= 15 is 0 Å². The van der Waals surface area contributed by atoms with Crippen molar-refractivity contribution in [2.24, 2.45) is 0 Å². The molecule has 6 heteroatoms. The van der Waals surface area contributed by atoms with Gasteiger partial charge in [-0.05, 0) is 25.6 Å². The van der Waals surface area contributed by atoms with Gasteiger partial charge in [0, 0.05) is 32.0 Å². The molecule has 1 amide bonds. The summed E-state index contributed by atoms with van der Waals surface area (Å²) >= 11 is 0. The number of amides is 1. The molecule has 2 aromatic rings. The van der Waals surface area contributed by atoms with Gasteiger partial charge in [0.1, 0.15) is 11.6 Å². The van der Waals surface area contributed by atoms with E-state index in [1.165, 1.54) is 0 Å². The van der Waals surface area contributed by atoms with Crippen LogP contribution < -0.4 is 0 Å². The van der Waals surface area contributed by atoms with Crippen molar-refractivity contribution in [2.75, 3.05) is 26.7 Å². The second-order valence-electron chi connectivity index (χ2n) is 5.66. The van der Waals surface area contributed by atoms with Gasteiger partial charge in [0.2, 0.25) is 0 Å². The van der Waals surface area contributed by atoms with E-state index in [1.807, 2.05) is 7.05 Å². The highest BCUT2D eigenvalue weighted by Crippen LogP contribution is 2.23. The number of aromatic amines is 1. The van der Waals surface area contributed by atoms with Crippen LogP contribution in [-0.4, -0.2) is 52.4 Å². The van der Waals surface area contributed by atoms with Crippen molar-refractivity contribution in [3.05, 3.63) is 53.4 Å². The van der Waals surface area contributed by atoms with Crippen LogP contribution >= 0.6 is 0 Å². The molecule has 0 radical (unpaired) electrons. The number of H-pyrrole nitrogens is 1. The average Bonchev–Trinajstić information content (AvgIpc) is 3.04. The molecule has 0 aliphatic carbocycles. The standard InChI is InChI=1S/C16H19FN4O/c1-11-4-3-5-12(14(11)17)16(22)21-9-8-20(2)13(10-21)15-18-6-7-19-15/h3-7,13H,8-10H2,1-2H3,(H,18,19). The summed E-state index contributed by atoms with van der Waals surface area (Å²) in [6.07, 6.45) is 3.47. The number of carbonyl (C=O) groups excluding carboxylic acids is 1.